The van der Waals surface area contributed by atoms with E-state index in [0.29, 0.717) is 28.5 Å². The van der Waals surface area contributed by atoms with Gasteiger partial charge >= 0.3 is 5.97 Å². The third kappa shape index (κ3) is 3.26. The van der Waals surface area contributed by atoms with Crippen LogP contribution in [0.3, 0.4) is 0 Å². The Balaban J connectivity index is 1.34. The molecule has 8 heteroatoms. The average molecular weight is 594 g/mol. The largest absolute Gasteiger partial charge is 0.454 e. The highest BCUT2D eigenvalue weighted by Crippen LogP contribution is 2.56. The molecule has 0 N–H and O–H groups in total. The predicted octanol–water partition coefficient (Wildman–Crippen LogP) is 5.85. The van der Waals surface area contributed by atoms with E-state index < -0.39 is 35.5 Å². The van der Waals surface area contributed by atoms with Crippen LogP contribution in [0.5, 0.6) is 17.2 Å². The lowest BCUT2D eigenvalue weighted by molar-refractivity contribution is -0.142. The van der Waals surface area contributed by atoms with Gasteiger partial charge in [0.25, 0.3) is 0 Å². The van der Waals surface area contributed by atoms with E-state index >= 15 is 0 Å². The van der Waals surface area contributed by atoms with Crippen molar-refractivity contribution >= 4 is 55.7 Å². The van der Waals surface area contributed by atoms with Crippen LogP contribution in [-0.4, -0.2) is 24.6 Å². The summed E-state index contributed by atoms with van der Waals surface area (Å²) in [5.41, 5.74) is 2.74. The van der Waals surface area contributed by atoms with E-state index in [4.69, 9.17) is 14.2 Å². The lowest BCUT2D eigenvalue weighted by atomic mass is 9.64. The minimum atomic E-state index is -0.918. The molecule has 40 heavy (non-hydrogen) atoms. The van der Waals surface area contributed by atoms with Crippen LogP contribution in [0, 0.1) is 17.8 Å². The molecule has 0 spiro atoms. The standard InChI is InChI=1S/C32H20BrNO6/c33-18-7-9-19(10-8-18)34-30(35)26-22(17-6-12-24-25(13-17)39-15-38-24)14-23-21-11-5-16-3-1-2-4-20(16)29(21)40-32(37)27(23)28(26)31(34)36/h1-14,22,26-28H,15H2/t22-,26+,27+,28+/m1/s1. The van der Waals surface area contributed by atoms with Gasteiger partial charge in [0.1, 0.15) is 5.75 Å². The number of imide groups is 1. The molecule has 0 saturated carbocycles. The monoisotopic (exact) mass is 593 g/mol. The van der Waals surface area contributed by atoms with Gasteiger partial charge in [0.15, 0.2) is 11.5 Å². The number of rotatable bonds is 2. The molecule has 3 aliphatic heterocycles. The van der Waals surface area contributed by atoms with Crippen LogP contribution in [0.15, 0.2) is 89.4 Å². The van der Waals surface area contributed by atoms with Gasteiger partial charge in [0.05, 0.1) is 23.4 Å². The van der Waals surface area contributed by atoms with E-state index in [1.807, 2.05) is 60.7 Å². The van der Waals surface area contributed by atoms with Crippen molar-refractivity contribution in [3.05, 3.63) is 101 Å². The van der Waals surface area contributed by atoms with Crippen molar-refractivity contribution in [3.63, 3.8) is 0 Å². The summed E-state index contributed by atoms with van der Waals surface area (Å²) in [4.78, 5) is 43.2. The summed E-state index contributed by atoms with van der Waals surface area (Å²) in [6.07, 6.45) is 1.98. The van der Waals surface area contributed by atoms with Crippen molar-refractivity contribution in [2.75, 3.05) is 11.7 Å². The van der Waals surface area contributed by atoms with Crippen molar-refractivity contribution in [1.29, 1.82) is 0 Å². The van der Waals surface area contributed by atoms with Gasteiger partial charge in [-0.25, -0.2) is 4.90 Å². The Morgan fingerprint density at radius 3 is 2.42 bits per heavy atom. The molecular weight excluding hydrogens is 574 g/mol. The number of nitrogens with zero attached hydrogens (tertiary/aromatic N) is 1. The molecule has 4 aromatic carbocycles. The number of benzene rings is 4. The number of carbonyl (C=O) groups excluding carboxylic acids is 3. The number of fused-ring (bicyclic) bond motifs is 8. The molecule has 196 valence electrons. The van der Waals surface area contributed by atoms with Crippen LogP contribution in [0.1, 0.15) is 17.0 Å². The number of amides is 2. The minimum absolute atomic E-state index is 0.125. The van der Waals surface area contributed by atoms with E-state index in [1.54, 1.807) is 24.3 Å². The number of esters is 1. The van der Waals surface area contributed by atoms with E-state index in [1.165, 1.54) is 4.90 Å². The molecule has 1 fully saturated rings. The predicted molar refractivity (Wildman–Crippen MR) is 150 cm³/mol. The maximum atomic E-state index is 14.1. The molecule has 8 rings (SSSR count). The van der Waals surface area contributed by atoms with Crippen molar-refractivity contribution in [2.45, 2.75) is 5.92 Å². The Hall–Kier alpha value is -4.43. The fraction of sp³-hybridized carbons (Fsp3) is 0.156. The number of anilines is 1. The molecule has 0 bridgehead atoms. The molecule has 4 atom stereocenters. The summed E-state index contributed by atoms with van der Waals surface area (Å²) in [6, 6.07) is 24.2. The normalized spacial score (nSPS) is 24.4. The average Bonchev–Trinajstić information content (AvgIpc) is 3.55. The zero-order valence-corrected chi connectivity index (χ0v) is 22.5. The van der Waals surface area contributed by atoms with Crippen LogP contribution in [0.2, 0.25) is 0 Å². The fourth-order valence-corrected chi connectivity index (χ4v) is 6.84. The maximum Gasteiger partial charge on any atom is 0.319 e. The topological polar surface area (TPSA) is 82.1 Å². The van der Waals surface area contributed by atoms with Crippen LogP contribution < -0.4 is 19.1 Å². The molecule has 0 radical (unpaired) electrons. The Bertz CT molecular complexity index is 1810. The van der Waals surface area contributed by atoms with Crippen LogP contribution in [-0.2, 0) is 14.4 Å². The van der Waals surface area contributed by atoms with E-state index in [0.717, 1.165) is 26.4 Å². The van der Waals surface area contributed by atoms with Gasteiger partial charge in [-0.1, -0.05) is 64.5 Å². The number of hydrogen-bond donors (Lipinski definition) is 0. The van der Waals surface area contributed by atoms with Crippen molar-refractivity contribution in [2.24, 2.45) is 17.8 Å². The van der Waals surface area contributed by atoms with E-state index in [-0.39, 0.29) is 12.7 Å². The van der Waals surface area contributed by atoms with Gasteiger partial charge in [-0.3, -0.25) is 14.4 Å². The third-order valence-electron chi connectivity index (χ3n) is 8.35. The lowest BCUT2D eigenvalue weighted by Gasteiger charge is -2.38. The molecule has 2 amide bonds. The quantitative estimate of drug-likeness (QED) is 0.165. The number of halogens is 1. The summed E-state index contributed by atoms with van der Waals surface area (Å²) in [5.74, 6) is -2.65. The first-order valence-corrected chi connectivity index (χ1v) is 13.8. The van der Waals surface area contributed by atoms with Crippen LogP contribution >= 0.6 is 15.9 Å². The van der Waals surface area contributed by atoms with Crippen LogP contribution in [0.25, 0.3) is 16.3 Å². The summed E-state index contributed by atoms with van der Waals surface area (Å²) < 4.78 is 17.9. The molecular formula is C32H20BrNO6. The maximum absolute atomic E-state index is 14.1. The first-order chi connectivity index (χ1) is 19.5. The second kappa shape index (κ2) is 8.53. The number of ether oxygens (including phenoxy) is 3. The zero-order chi connectivity index (χ0) is 27.1. The second-order valence-electron chi connectivity index (χ2n) is 10.4. The SMILES string of the molecule is O=C1Oc2c(ccc3ccccc23)C2=C[C@H](c3ccc4c(c3)OCO4)[C@@H]3C(=O)N(c4ccc(Br)cc4)C(=O)[C@@H]3[C@@H]12. The summed E-state index contributed by atoms with van der Waals surface area (Å²) in [6.45, 7) is 0.125. The molecule has 7 nitrogen and oxygen atoms in total. The summed E-state index contributed by atoms with van der Waals surface area (Å²) >= 11 is 3.42. The van der Waals surface area contributed by atoms with Gasteiger partial charge in [0.2, 0.25) is 18.6 Å². The highest BCUT2D eigenvalue weighted by molar-refractivity contribution is 9.10. The van der Waals surface area contributed by atoms with E-state index in [2.05, 4.69) is 15.9 Å². The van der Waals surface area contributed by atoms with Crippen molar-refractivity contribution in [1.82, 2.24) is 0 Å². The lowest BCUT2D eigenvalue weighted by Crippen LogP contribution is -2.42. The molecule has 1 aliphatic carbocycles. The van der Waals surface area contributed by atoms with Gasteiger partial charge in [-0.15, -0.1) is 0 Å². The molecule has 1 saturated heterocycles. The Labute approximate surface area is 237 Å². The Kier molecular flexibility index (Phi) is 5.00. The summed E-state index contributed by atoms with van der Waals surface area (Å²) in [7, 11) is 0. The molecule has 4 aromatic rings. The van der Waals surface area contributed by atoms with Gasteiger partial charge in [-0.2, -0.15) is 0 Å². The number of carbonyl (C=O) groups is 3. The second-order valence-corrected chi connectivity index (χ2v) is 11.3. The minimum Gasteiger partial charge on any atom is -0.454 e. The highest BCUT2D eigenvalue weighted by Gasteiger charge is 2.60. The fourth-order valence-electron chi connectivity index (χ4n) is 6.58. The van der Waals surface area contributed by atoms with Gasteiger partial charge in [-0.05, 0) is 52.9 Å². The van der Waals surface area contributed by atoms with Crippen molar-refractivity contribution < 1.29 is 28.6 Å². The highest BCUT2D eigenvalue weighted by atomic mass is 79.9. The summed E-state index contributed by atoms with van der Waals surface area (Å²) in [5, 5.41) is 1.77. The van der Waals surface area contributed by atoms with Crippen molar-refractivity contribution in [3.8, 4) is 17.2 Å². The molecule has 0 unspecified atom stereocenters. The Morgan fingerprint density at radius 1 is 0.800 bits per heavy atom. The smallest absolute Gasteiger partial charge is 0.319 e. The Morgan fingerprint density at radius 2 is 1.57 bits per heavy atom. The van der Waals surface area contributed by atoms with Crippen LogP contribution in [0.4, 0.5) is 5.69 Å². The molecule has 3 heterocycles. The van der Waals surface area contributed by atoms with Gasteiger partial charge < -0.3 is 14.2 Å². The molecule has 0 aromatic heterocycles. The molecule has 4 aliphatic rings. The first-order valence-electron chi connectivity index (χ1n) is 13.0. The number of hydrogen-bond acceptors (Lipinski definition) is 6. The first kappa shape index (κ1) is 23.5. The zero-order valence-electron chi connectivity index (χ0n) is 20.9. The number of allylic oxidation sites excluding steroid dienone is 1. The van der Waals surface area contributed by atoms with E-state index in [9.17, 15) is 14.4 Å². The van der Waals surface area contributed by atoms with Gasteiger partial charge in [0, 0.05) is 21.3 Å². The third-order valence-corrected chi connectivity index (χ3v) is 8.88.